The monoisotopic (exact) mass is 462 g/mol. The van der Waals surface area contributed by atoms with Crippen LogP contribution in [0.4, 0.5) is 0 Å². The molecule has 8 nitrogen and oxygen atoms in total. The van der Waals surface area contributed by atoms with Crippen LogP contribution >= 0.6 is 11.3 Å². The number of rotatable bonds is 10. The first kappa shape index (κ1) is 23.1. The number of hydrogen-bond acceptors (Lipinski definition) is 7. The van der Waals surface area contributed by atoms with E-state index in [0.29, 0.717) is 31.3 Å². The average molecular weight is 463 g/mol. The fourth-order valence-corrected chi connectivity index (χ4v) is 5.20. The van der Waals surface area contributed by atoms with E-state index in [-0.39, 0.29) is 23.3 Å². The standard InChI is InChI=1S/C21H26N4O4S2/c1-4-25(5-2)31(27,28)18-8-6-16(7-9-18)15(3)22-19(26)10-11-20-23-24-21(29-20)17-12-13-30-14-17/h6-9,12-15H,4-5,10-11H2,1-3H3,(H,22,26). The fraction of sp³-hybridized carbons (Fsp3) is 0.381. The molecule has 1 aromatic carbocycles. The van der Waals surface area contributed by atoms with Crippen molar-refractivity contribution in [3.63, 3.8) is 0 Å². The van der Waals surface area contributed by atoms with E-state index in [9.17, 15) is 13.2 Å². The summed E-state index contributed by atoms with van der Waals surface area (Å²) in [5, 5.41) is 14.8. The minimum atomic E-state index is -3.50. The average Bonchev–Trinajstić information content (AvgIpc) is 3.45. The Bertz CT molecular complexity index is 1090. The van der Waals surface area contributed by atoms with Crippen molar-refractivity contribution < 1.29 is 17.6 Å². The van der Waals surface area contributed by atoms with Gasteiger partial charge in [0.05, 0.1) is 10.9 Å². The number of nitrogens with zero attached hydrogens (tertiary/aromatic N) is 3. The predicted molar refractivity (Wildman–Crippen MR) is 119 cm³/mol. The Morgan fingerprint density at radius 1 is 1.16 bits per heavy atom. The van der Waals surface area contributed by atoms with Crippen LogP contribution in [0, 0.1) is 0 Å². The number of benzene rings is 1. The van der Waals surface area contributed by atoms with Gasteiger partial charge in [0, 0.05) is 36.9 Å². The topological polar surface area (TPSA) is 105 Å². The Kier molecular flexibility index (Phi) is 7.58. The number of carbonyl (C=O) groups excluding carboxylic acids is 1. The Hall–Kier alpha value is -2.56. The molecule has 0 saturated carbocycles. The molecular formula is C21H26N4O4S2. The molecule has 31 heavy (non-hydrogen) atoms. The van der Waals surface area contributed by atoms with Gasteiger partial charge in [-0.2, -0.15) is 15.6 Å². The number of aryl methyl sites for hydroxylation is 1. The fourth-order valence-electron chi connectivity index (χ4n) is 3.12. The molecule has 0 aliphatic rings. The molecule has 1 N–H and O–H groups in total. The van der Waals surface area contributed by atoms with Crippen molar-refractivity contribution >= 4 is 27.3 Å². The second kappa shape index (κ2) is 10.2. The Labute approximate surface area is 186 Å². The molecule has 2 aromatic heterocycles. The summed E-state index contributed by atoms with van der Waals surface area (Å²) >= 11 is 1.54. The van der Waals surface area contributed by atoms with Crippen molar-refractivity contribution in [3.8, 4) is 11.5 Å². The van der Waals surface area contributed by atoms with Crippen LogP contribution in [-0.4, -0.2) is 41.9 Å². The van der Waals surface area contributed by atoms with Crippen molar-refractivity contribution in [1.82, 2.24) is 19.8 Å². The van der Waals surface area contributed by atoms with Crippen LogP contribution in [0.1, 0.15) is 44.7 Å². The van der Waals surface area contributed by atoms with Crippen LogP contribution < -0.4 is 5.32 Å². The van der Waals surface area contributed by atoms with E-state index in [1.54, 1.807) is 35.6 Å². The number of amides is 1. The lowest BCUT2D eigenvalue weighted by molar-refractivity contribution is -0.121. The molecule has 10 heteroatoms. The van der Waals surface area contributed by atoms with Crippen LogP contribution in [0.3, 0.4) is 0 Å². The van der Waals surface area contributed by atoms with Gasteiger partial charge < -0.3 is 9.73 Å². The third-order valence-corrected chi connectivity index (χ3v) is 7.65. The molecule has 1 atom stereocenters. The summed E-state index contributed by atoms with van der Waals surface area (Å²) in [6, 6.07) is 8.25. The largest absolute Gasteiger partial charge is 0.421 e. The van der Waals surface area contributed by atoms with Gasteiger partial charge in [0.1, 0.15) is 0 Å². The van der Waals surface area contributed by atoms with E-state index in [0.717, 1.165) is 11.1 Å². The van der Waals surface area contributed by atoms with Crippen molar-refractivity contribution in [2.45, 2.75) is 44.6 Å². The smallest absolute Gasteiger partial charge is 0.248 e. The summed E-state index contributed by atoms with van der Waals surface area (Å²) < 4.78 is 32.2. The van der Waals surface area contributed by atoms with Crippen LogP contribution in [-0.2, 0) is 21.2 Å². The molecule has 2 heterocycles. The second-order valence-electron chi connectivity index (χ2n) is 6.96. The first-order chi connectivity index (χ1) is 14.8. The first-order valence-electron chi connectivity index (χ1n) is 10.1. The third kappa shape index (κ3) is 5.57. The number of sulfonamides is 1. The Balaban J connectivity index is 1.55. The summed E-state index contributed by atoms with van der Waals surface area (Å²) in [7, 11) is -3.50. The molecule has 3 rings (SSSR count). The highest BCUT2D eigenvalue weighted by Gasteiger charge is 2.21. The zero-order chi connectivity index (χ0) is 22.4. The Morgan fingerprint density at radius 2 is 1.87 bits per heavy atom. The number of carbonyl (C=O) groups is 1. The highest BCUT2D eigenvalue weighted by atomic mass is 32.2. The molecule has 0 fully saturated rings. The third-order valence-electron chi connectivity index (χ3n) is 4.90. The number of thiophene rings is 1. The maximum Gasteiger partial charge on any atom is 0.248 e. The number of nitrogens with one attached hydrogen (secondary N) is 1. The lowest BCUT2D eigenvalue weighted by atomic mass is 10.1. The predicted octanol–water partition coefficient (Wildman–Crippen LogP) is 3.64. The van der Waals surface area contributed by atoms with Gasteiger partial charge >= 0.3 is 0 Å². The zero-order valence-electron chi connectivity index (χ0n) is 17.7. The minimum absolute atomic E-state index is 0.150. The van der Waals surface area contributed by atoms with E-state index in [1.807, 2.05) is 37.6 Å². The van der Waals surface area contributed by atoms with E-state index < -0.39 is 10.0 Å². The molecule has 0 aliphatic heterocycles. The molecule has 0 bridgehead atoms. The molecular weight excluding hydrogens is 436 g/mol. The van der Waals surface area contributed by atoms with Gasteiger partial charge in [-0.25, -0.2) is 8.42 Å². The minimum Gasteiger partial charge on any atom is -0.421 e. The number of aromatic nitrogens is 2. The first-order valence-corrected chi connectivity index (χ1v) is 12.5. The van der Waals surface area contributed by atoms with Crippen LogP contribution in [0.5, 0.6) is 0 Å². The SMILES string of the molecule is CCN(CC)S(=O)(=O)c1ccc(C(C)NC(=O)CCc2nnc(-c3ccsc3)o2)cc1. The van der Waals surface area contributed by atoms with E-state index in [2.05, 4.69) is 15.5 Å². The van der Waals surface area contributed by atoms with Gasteiger partial charge in [0.2, 0.25) is 27.7 Å². The highest BCUT2D eigenvalue weighted by molar-refractivity contribution is 7.89. The van der Waals surface area contributed by atoms with Crippen molar-refractivity contribution in [3.05, 3.63) is 52.5 Å². The lowest BCUT2D eigenvalue weighted by Crippen LogP contribution is -2.30. The summed E-state index contributed by atoms with van der Waals surface area (Å²) in [6.07, 6.45) is 0.556. The maximum absolute atomic E-state index is 12.6. The van der Waals surface area contributed by atoms with E-state index in [4.69, 9.17) is 4.42 Å². The normalized spacial score (nSPS) is 12.8. The van der Waals surface area contributed by atoms with Gasteiger partial charge in [-0.15, -0.1) is 10.2 Å². The molecule has 3 aromatic rings. The molecule has 0 spiro atoms. The summed E-state index contributed by atoms with van der Waals surface area (Å²) in [5.74, 6) is 0.711. The summed E-state index contributed by atoms with van der Waals surface area (Å²) in [4.78, 5) is 12.6. The second-order valence-corrected chi connectivity index (χ2v) is 9.68. The van der Waals surface area contributed by atoms with E-state index >= 15 is 0 Å². The lowest BCUT2D eigenvalue weighted by Gasteiger charge is -2.19. The van der Waals surface area contributed by atoms with Gasteiger partial charge in [0.15, 0.2) is 0 Å². The highest BCUT2D eigenvalue weighted by Crippen LogP contribution is 2.21. The molecule has 166 valence electrons. The quantitative estimate of drug-likeness (QED) is 0.493. The maximum atomic E-state index is 12.6. The van der Waals surface area contributed by atoms with Gasteiger partial charge in [0.25, 0.3) is 0 Å². The van der Waals surface area contributed by atoms with Crippen molar-refractivity contribution in [2.75, 3.05) is 13.1 Å². The molecule has 1 unspecified atom stereocenters. The molecule has 1 amide bonds. The van der Waals surface area contributed by atoms with Gasteiger partial charge in [-0.3, -0.25) is 4.79 Å². The van der Waals surface area contributed by atoms with Crippen LogP contribution in [0.2, 0.25) is 0 Å². The zero-order valence-corrected chi connectivity index (χ0v) is 19.4. The van der Waals surface area contributed by atoms with Crippen molar-refractivity contribution in [1.29, 1.82) is 0 Å². The number of hydrogen-bond donors (Lipinski definition) is 1. The van der Waals surface area contributed by atoms with Crippen LogP contribution in [0.25, 0.3) is 11.5 Å². The molecule has 0 aliphatic carbocycles. The van der Waals surface area contributed by atoms with Gasteiger partial charge in [-0.1, -0.05) is 26.0 Å². The Morgan fingerprint density at radius 3 is 2.48 bits per heavy atom. The molecule has 0 radical (unpaired) electrons. The van der Waals surface area contributed by atoms with Crippen molar-refractivity contribution in [2.24, 2.45) is 0 Å². The van der Waals surface area contributed by atoms with Gasteiger partial charge in [-0.05, 0) is 36.1 Å². The van der Waals surface area contributed by atoms with E-state index in [1.165, 1.54) is 4.31 Å². The molecule has 0 saturated heterocycles. The summed E-state index contributed by atoms with van der Waals surface area (Å²) in [6.45, 7) is 6.31. The van der Waals surface area contributed by atoms with Crippen LogP contribution in [0.15, 0.2) is 50.4 Å². The summed E-state index contributed by atoms with van der Waals surface area (Å²) in [5.41, 5.74) is 1.69.